The summed E-state index contributed by atoms with van der Waals surface area (Å²) in [4.78, 5) is 21.0. The molecule has 1 aromatic carbocycles. The number of hydrogen-bond donors (Lipinski definition) is 1. The van der Waals surface area contributed by atoms with Gasteiger partial charge in [0.2, 0.25) is 5.91 Å². The van der Waals surface area contributed by atoms with Gasteiger partial charge in [0, 0.05) is 49.2 Å². The standard InChI is InChI=1S/C17H20N4OS/c1-20-6-8-21(9-7-20)17-19-15(11-23-17)13-2-4-14-12(10-13)3-5-16(22)18-14/h2,4,10-11H,3,5-9H2,1H3,(H,18,22). The van der Waals surface area contributed by atoms with Crippen LogP contribution in [-0.2, 0) is 11.2 Å². The minimum atomic E-state index is 0.108. The number of carbonyl (C=O) groups is 1. The molecule has 1 amide bonds. The predicted molar refractivity (Wildman–Crippen MR) is 94.2 cm³/mol. The van der Waals surface area contributed by atoms with Crippen molar-refractivity contribution in [2.45, 2.75) is 12.8 Å². The molecule has 6 heteroatoms. The maximum Gasteiger partial charge on any atom is 0.224 e. The third-order valence-electron chi connectivity index (χ3n) is 4.56. The van der Waals surface area contributed by atoms with Crippen LogP contribution in [0.25, 0.3) is 11.3 Å². The minimum Gasteiger partial charge on any atom is -0.346 e. The number of carbonyl (C=O) groups excluding carboxylic acids is 1. The number of fused-ring (bicyclic) bond motifs is 1. The summed E-state index contributed by atoms with van der Waals surface area (Å²) in [5.41, 5.74) is 4.32. The van der Waals surface area contributed by atoms with E-state index in [1.807, 2.05) is 12.1 Å². The summed E-state index contributed by atoms with van der Waals surface area (Å²) < 4.78 is 0. The molecule has 1 fully saturated rings. The molecular formula is C17H20N4OS. The molecule has 0 bridgehead atoms. The maximum absolute atomic E-state index is 11.5. The quantitative estimate of drug-likeness (QED) is 0.920. The first-order chi connectivity index (χ1) is 11.2. The number of nitrogens with one attached hydrogen (secondary N) is 1. The van der Waals surface area contributed by atoms with E-state index in [-0.39, 0.29) is 5.91 Å². The van der Waals surface area contributed by atoms with Crippen molar-refractivity contribution in [1.29, 1.82) is 0 Å². The fraction of sp³-hybridized carbons (Fsp3) is 0.412. The first-order valence-corrected chi connectivity index (χ1v) is 8.89. The average molecular weight is 328 g/mol. The van der Waals surface area contributed by atoms with E-state index in [1.54, 1.807) is 11.3 Å². The molecule has 2 aliphatic rings. The third kappa shape index (κ3) is 2.96. The predicted octanol–water partition coefficient (Wildman–Crippen LogP) is 2.45. The second-order valence-corrected chi connectivity index (χ2v) is 7.06. The molecule has 2 aromatic rings. The van der Waals surface area contributed by atoms with Crippen molar-refractivity contribution >= 4 is 28.1 Å². The molecular weight excluding hydrogens is 308 g/mol. The number of benzene rings is 1. The van der Waals surface area contributed by atoms with E-state index in [2.05, 4.69) is 33.6 Å². The summed E-state index contributed by atoms with van der Waals surface area (Å²) >= 11 is 1.72. The lowest BCUT2D eigenvalue weighted by Gasteiger charge is -2.32. The normalized spacial score (nSPS) is 18.7. The zero-order valence-corrected chi connectivity index (χ0v) is 14.0. The molecule has 0 saturated carbocycles. The SMILES string of the molecule is CN1CCN(c2nc(-c3ccc4c(c3)CCC(=O)N4)cs2)CC1. The van der Waals surface area contributed by atoms with Gasteiger partial charge in [-0.3, -0.25) is 4.79 Å². The van der Waals surface area contributed by atoms with Gasteiger partial charge in [-0.2, -0.15) is 0 Å². The summed E-state index contributed by atoms with van der Waals surface area (Å²) in [5.74, 6) is 0.108. The summed E-state index contributed by atoms with van der Waals surface area (Å²) in [7, 11) is 2.16. The first-order valence-electron chi connectivity index (χ1n) is 8.01. The Bertz CT molecular complexity index is 734. The van der Waals surface area contributed by atoms with Crippen molar-refractivity contribution in [3.8, 4) is 11.3 Å². The molecule has 0 aliphatic carbocycles. The number of nitrogens with zero attached hydrogens (tertiary/aromatic N) is 3. The molecule has 3 heterocycles. The highest BCUT2D eigenvalue weighted by Crippen LogP contribution is 2.31. The van der Waals surface area contributed by atoms with Gasteiger partial charge in [-0.25, -0.2) is 4.98 Å². The van der Waals surface area contributed by atoms with Gasteiger partial charge in [-0.05, 0) is 31.2 Å². The second-order valence-electron chi connectivity index (χ2n) is 6.23. The number of hydrogen-bond acceptors (Lipinski definition) is 5. The van der Waals surface area contributed by atoms with Crippen LogP contribution in [0.5, 0.6) is 0 Å². The van der Waals surface area contributed by atoms with Crippen LogP contribution in [0.3, 0.4) is 0 Å². The van der Waals surface area contributed by atoms with E-state index in [9.17, 15) is 4.79 Å². The van der Waals surface area contributed by atoms with E-state index in [1.165, 1.54) is 5.56 Å². The van der Waals surface area contributed by atoms with E-state index < -0.39 is 0 Å². The molecule has 23 heavy (non-hydrogen) atoms. The van der Waals surface area contributed by atoms with Gasteiger partial charge in [0.1, 0.15) is 0 Å². The average Bonchev–Trinajstić information content (AvgIpc) is 3.05. The molecule has 1 aromatic heterocycles. The van der Waals surface area contributed by atoms with Crippen LogP contribution in [0.1, 0.15) is 12.0 Å². The lowest BCUT2D eigenvalue weighted by molar-refractivity contribution is -0.116. The van der Waals surface area contributed by atoms with Gasteiger partial charge in [0.05, 0.1) is 5.69 Å². The highest BCUT2D eigenvalue weighted by Gasteiger charge is 2.19. The van der Waals surface area contributed by atoms with E-state index in [0.29, 0.717) is 6.42 Å². The highest BCUT2D eigenvalue weighted by molar-refractivity contribution is 7.14. The summed E-state index contributed by atoms with van der Waals surface area (Å²) in [5, 5.41) is 6.18. The highest BCUT2D eigenvalue weighted by atomic mass is 32.1. The Hall–Kier alpha value is -1.92. The lowest BCUT2D eigenvalue weighted by Crippen LogP contribution is -2.44. The van der Waals surface area contributed by atoms with Crippen LogP contribution >= 0.6 is 11.3 Å². The Balaban J connectivity index is 1.56. The molecule has 1 N–H and O–H groups in total. The lowest BCUT2D eigenvalue weighted by atomic mass is 9.99. The molecule has 2 aliphatic heterocycles. The van der Waals surface area contributed by atoms with Crippen LogP contribution < -0.4 is 10.2 Å². The van der Waals surface area contributed by atoms with Crippen LogP contribution in [0.15, 0.2) is 23.6 Å². The third-order valence-corrected chi connectivity index (χ3v) is 5.46. The Morgan fingerprint density at radius 3 is 2.83 bits per heavy atom. The van der Waals surface area contributed by atoms with Crippen LogP contribution in [0.2, 0.25) is 0 Å². The van der Waals surface area contributed by atoms with Crippen molar-refractivity contribution in [3.05, 3.63) is 29.1 Å². The van der Waals surface area contributed by atoms with Crippen molar-refractivity contribution in [2.75, 3.05) is 43.4 Å². The number of piperazine rings is 1. The number of aryl methyl sites for hydroxylation is 1. The molecule has 5 nitrogen and oxygen atoms in total. The van der Waals surface area contributed by atoms with Crippen LogP contribution in [0.4, 0.5) is 10.8 Å². The van der Waals surface area contributed by atoms with Crippen molar-refractivity contribution in [3.63, 3.8) is 0 Å². The van der Waals surface area contributed by atoms with Gasteiger partial charge in [-0.15, -0.1) is 11.3 Å². The van der Waals surface area contributed by atoms with Gasteiger partial charge in [-0.1, -0.05) is 6.07 Å². The number of anilines is 2. The maximum atomic E-state index is 11.5. The van der Waals surface area contributed by atoms with E-state index in [4.69, 9.17) is 4.98 Å². The minimum absolute atomic E-state index is 0.108. The monoisotopic (exact) mass is 328 g/mol. The number of thiazole rings is 1. The summed E-state index contributed by atoms with van der Waals surface area (Å²) in [6, 6.07) is 6.21. The first kappa shape index (κ1) is 14.7. The van der Waals surface area contributed by atoms with E-state index in [0.717, 1.165) is 54.7 Å². The molecule has 0 atom stereocenters. The largest absolute Gasteiger partial charge is 0.346 e. The molecule has 1 saturated heterocycles. The smallest absolute Gasteiger partial charge is 0.224 e. The van der Waals surface area contributed by atoms with Crippen LogP contribution in [-0.4, -0.2) is 49.0 Å². The van der Waals surface area contributed by atoms with Gasteiger partial charge in [0.15, 0.2) is 5.13 Å². The van der Waals surface area contributed by atoms with Crippen molar-refractivity contribution < 1.29 is 4.79 Å². The topological polar surface area (TPSA) is 48.5 Å². The van der Waals surface area contributed by atoms with Crippen molar-refractivity contribution in [2.24, 2.45) is 0 Å². The van der Waals surface area contributed by atoms with Gasteiger partial charge < -0.3 is 15.1 Å². The number of amides is 1. The number of rotatable bonds is 2. The fourth-order valence-corrected chi connectivity index (χ4v) is 3.97. The van der Waals surface area contributed by atoms with Gasteiger partial charge >= 0.3 is 0 Å². The summed E-state index contributed by atoms with van der Waals surface area (Å²) in [6.07, 6.45) is 1.38. The van der Waals surface area contributed by atoms with Gasteiger partial charge in [0.25, 0.3) is 0 Å². The number of likely N-dealkylation sites (N-methyl/N-ethyl adjacent to an activating group) is 1. The zero-order chi connectivity index (χ0) is 15.8. The van der Waals surface area contributed by atoms with Crippen LogP contribution in [0, 0.1) is 0 Å². The Morgan fingerprint density at radius 1 is 1.17 bits per heavy atom. The van der Waals surface area contributed by atoms with E-state index >= 15 is 0 Å². The van der Waals surface area contributed by atoms with Crippen molar-refractivity contribution in [1.82, 2.24) is 9.88 Å². The summed E-state index contributed by atoms with van der Waals surface area (Å²) in [6.45, 7) is 4.26. The fourth-order valence-electron chi connectivity index (χ4n) is 3.08. The Labute approximate surface area is 139 Å². The molecule has 0 unspecified atom stereocenters. The second kappa shape index (κ2) is 5.94. The number of aromatic nitrogens is 1. The molecule has 0 spiro atoms. The Kier molecular flexibility index (Phi) is 3.79. The molecule has 120 valence electrons. The molecule has 4 rings (SSSR count). The Morgan fingerprint density at radius 2 is 2.00 bits per heavy atom. The zero-order valence-electron chi connectivity index (χ0n) is 13.2. The molecule has 0 radical (unpaired) electrons.